The molecule has 0 aliphatic carbocycles. The summed E-state index contributed by atoms with van der Waals surface area (Å²) in [6.45, 7) is 2.14. The van der Waals surface area contributed by atoms with E-state index in [1.54, 1.807) is 0 Å². The van der Waals surface area contributed by atoms with Crippen molar-refractivity contribution in [2.75, 3.05) is 26.5 Å². The van der Waals surface area contributed by atoms with E-state index < -0.39 is 0 Å². The van der Waals surface area contributed by atoms with Gasteiger partial charge >= 0.3 is 0 Å². The Morgan fingerprint density at radius 1 is 1.30 bits per heavy atom. The van der Waals surface area contributed by atoms with Crippen LogP contribution in [-0.4, -0.2) is 41.0 Å². The van der Waals surface area contributed by atoms with Crippen molar-refractivity contribution >= 4 is 38.6 Å². The highest BCUT2D eigenvalue weighted by Crippen LogP contribution is 2.22. The van der Waals surface area contributed by atoms with Crippen molar-refractivity contribution in [1.82, 2.24) is 14.5 Å². The molecule has 5 heteroatoms. The molecule has 0 N–H and O–H groups in total. The van der Waals surface area contributed by atoms with Gasteiger partial charge in [0.25, 0.3) is 0 Å². The van der Waals surface area contributed by atoms with Gasteiger partial charge in [-0.05, 0) is 51.7 Å². The minimum atomic E-state index is 0.613. The summed E-state index contributed by atoms with van der Waals surface area (Å²) in [4.78, 5) is 6.94. The maximum atomic E-state index is 5.90. The molecule has 0 spiro atoms. The van der Waals surface area contributed by atoms with Gasteiger partial charge in [-0.15, -0.1) is 11.6 Å². The molecule has 0 aliphatic rings. The summed E-state index contributed by atoms with van der Waals surface area (Å²) in [7, 11) is 4.23. The summed E-state index contributed by atoms with van der Waals surface area (Å²) < 4.78 is 3.39. The average Bonchev–Trinajstić information content (AvgIpc) is 2.72. The first kappa shape index (κ1) is 15.8. The van der Waals surface area contributed by atoms with Crippen LogP contribution in [0.1, 0.15) is 18.7 Å². The number of imidazole rings is 1. The van der Waals surface area contributed by atoms with Crippen molar-refractivity contribution in [3.8, 4) is 0 Å². The van der Waals surface area contributed by atoms with Crippen molar-refractivity contribution < 1.29 is 0 Å². The fourth-order valence-corrected chi connectivity index (χ4v) is 2.89. The highest BCUT2D eigenvalue weighted by molar-refractivity contribution is 9.10. The van der Waals surface area contributed by atoms with Crippen molar-refractivity contribution in [1.29, 1.82) is 0 Å². The SMILES string of the molecule is CN(C)CCCCn1c(CCCl)nc2cc(Br)ccc21. The summed E-state index contributed by atoms with van der Waals surface area (Å²) in [6.07, 6.45) is 3.18. The molecule has 0 bridgehead atoms. The van der Waals surface area contributed by atoms with E-state index in [1.807, 2.05) is 0 Å². The lowest BCUT2D eigenvalue weighted by atomic mass is 10.2. The molecule has 110 valence electrons. The van der Waals surface area contributed by atoms with Crippen LogP contribution in [0.4, 0.5) is 0 Å². The van der Waals surface area contributed by atoms with Gasteiger partial charge in [-0.2, -0.15) is 0 Å². The summed E-state index contributed by atoms with van der Waals surface area (Å²) >= 11 is 9.40. The molecule has 0 fully saturated rings. The van der Waals surface area contributed by atoms with Crippen LogP contribution in [-0.2, 0) is 13.0 Å². The quantitative estimate of drug-likeness (QED) is 0.552. The number of rotatable bonds is 7. The van der Waals surface area contributed by atoms with Crippen LogP contribution >= 0.6 is 27.5 Å². The first-order valence-electron chi connectivity index (χ1n) is 6.97. The monoisotopic (exact) mass is 357 g/mol. The van der Waals surface area contributed by atoms with E-state index in [1.165, 1.54) is 11.9 Å². The van der Waals surface area contributed by atoms with Crippen LogP contribution in [0.2, 0.25) is 0 Å². The first-order chi connectivity index (χ1) is 9.61. The van der Waals surface area contributed by atoms with Gasteiger partial charge in [-0.1, -0.05) is 15.9 Å². The van der Waals surface area contributed by atoms with Gasteiger partial charge in [0.15, 0.2) is 0 Å². The molecular weight excluding hydrogens is 338 g/mol. The smallest absolute Gasteiger partial charge is 0.111 e. The molecule has 0 saturated heterocycles. The number of fused-ring (bicyclic) bond motifs is 1. The number of alkyl halides is 1. The zero-order valence-corrected chi connectivity index (χ0v) is 14.4. The molecule has 0 radical (unpaired) electrons. The van der Waals surface area contributed by atoms with E-state index in [0.29, 0.717) is 5.88 Å². The Bertz CT molecular complexity index is 565. The molecule has 1 aromatic carbocycles. The molecular formula is C15H21BrClN3. The molecule has 0 amide bonds. The Hall–Kier alpha value is -0.580. The predicted octanol–water partition coefficient (Wildman–Crippen LogP) is 3.92. The number of benzene rings is 1. The van der Waals surface area contributed by atoms with E-state index in [-0.39, 0.29) is 0 Å². The van der Waals surface area contributed by atoms with Crippen molar-refractivity contribution in [3.63, 3.8) is 0 Å². The molecule has 0 aliphatic heterocycles. The van der Waals surface area contributed by atoms with Crippen LogP contribution in [0.5, 0.6) is 0 Å². The Morgan fingerprint density at radius 3 is 2.80 bits per heavy atom. The van der Waals surface area contributed by atoms with Crippen molar-refractivity contribution in [2.24, 2.45) is 0 Å². The average molecular weight is 359 g/mol. The third kappa shape index (κ3) is 3.96. The molecule has 1 aromatic heterocycles. The fourth-order valence-electron chi connectivity index (χ4n) is 2.38. The van der Waals surface area contributed by atoms with Gasteiger partial charge in [0, 0.05) is 23.3 Å². The van der Waals surface area contributed by atoms with Crippen LogP contribution in [0, 0.1) is 0 Å². The van der Waals surface area contributed by atoms with Crippen LogP contribution in [0.15, 0.2) is 22.7 Å². The van der Waals surface area contributed by atoms with Crippen LogP contribution in [0.25, 0.3) is 11.0 Å². The zero-order chi connectivity index (χ0) is 14.5. The maximum absolute atomic E-state index is 5.90. The topological polar surface area (TPSA) is 21.1 Å². The third-order valence-electron chi connectivity index (χ3n) is 3.34. The van der Waals surface area contributed by atoms with Gasteiger partial charge in [-0.25, -0.2) is 4.98 Å². The summed E-state index contributed by atoms with van der Waals surface area (Å²) in [5.41, 5.74) is 2.25. The second-order valence-electron chi connectivity index (χ2n) is 5.26. The number of hydrogen-bond donors (Lipinski definition) is 0. The lowest BCUT2D eigenvalue weighted by Gasteiger charge is -2.11. The lowest BCUT2D eigenvalue weighted by Crippen LogP contribution is -2.14. The molecule has 0 unspecified atom stereocenters. The fraction of sp³-hybridized carbons (Fsp3) is 0.533. The van der Waals surface area contributed by atoms with E-state index in [2.05, 4.69) is 57.7 Å². The van der Waals surface area contributed by atoms with Gasteiger partial charge in [-0.3, -0.25) is 0 Å². The second kappa shape index (κ2) is 7.43. The molecule has 20 heavy (non-hydrogen) atoms. The summed E-state index contributed by atoms with van der Waals surface area (Å²) in [5, 5.41) is 0. The van der Waals surface area contributed by atoms with Gasteiger partial charge < -0.3 is 9.47 Å². The number of nitrogens with zero attached hydrogens (tertiary/aromatic N) is 3. The number of halogens is 2. The van der Waals surface area contributed by atoms with Gasteiger partial charge in [0.2, 0.25) is 0 Å². The van der Waals surface area contributed by atoms with Crippen molar-refractivity contribution in [3.05, 3.63) is 28.5 Å². The molecule has 2 rings (SSSR count). The number of hydrogen-bond acceptors (Lipinski definition) is 2. The summed E-state index contributed by atoms with van der Waals surface area (Å²) in [6, 6.07) is 6.28. The molecule has 0 saturated carbocycles. The summed E-state index contributed by atoms with van der Waals surface area (Å²) in [5.74, 6) is 1.71. The Kier molecular flexibility index (Phi) is 5.87. The van der Waals surface area contributed by atoms with Crippen molar-refractivity contribution in [2.45, 2.75) is 25.8 Å². The van der Waals surface area contributed by atoms with Gasteiger partial charge in [0.1, 0.15) is 5.82 Å². The van der Waals surface area contributed by atoms with E-state index in [0.717, 1.165) is 41.7 Å². The largest absolute Gasteiger partial charge is 0.328 e. The highest BCUT2D eigenvalue weighted by Gasteiger charge is 2.10. The molecule has 0 atom stereocenters. The Labute approximate surface area is 134 Å². The first-order valence-corrected chi connectivity index (χ1v) is 8.30. The Morgan fingerprint density at radius 2 is 2.10 bits per heavy atom. The van der Waals surface area contributed by atoms with Crippen LogP contribution < -0.4 is 0 Å². The number of aromatic nitrogens is 2. The zero-order valence-electron chi connectivity index (χ0n) is 12.1. The predicted molar refractivity (Wildman–Crippen MR) is 89.6 cm³/mol. The van der Waals surface area contributed by atoms with Crippen LogP contribution in [0.3, 0.4) is 0 Å². The van der Waals surface area contributed by atoms with E-state index >= 15 is 0 Å². The maximum Gasteiger partial charge on any atom is 0.111 e. The normalized spacial score (nSPS) is 11.7. The van der Waals surface area contributed by atoms with Gasteiger partial charge in [0.05, 0.1) is 11.0 Å². The second-order valence-corrected chi connectivity index (χ2v) is 6.56. The standard InChI is InChI=1S/C15H21BrClN3/c1-19(2)9-3-4-10-20-14-6-5-12(16)11-13(14)18-15(20)7-8-17/h5-6,11H,3-4,7-10H2,1-2H3. The molecule has 1 heterocycles. The highest BCUT2D eigenvalue weighted by atomic mass is 79.9. The number of unbranched alkanes of at least 4 members (excludes halogenated alkanes) is 1. The third-order valence-corrected chi connectivity index (χ3v) is 4.03. The lowest BCUT2D eigenvalue weighted by molar-refractivity contribution is 0.387. The minimum absolute atomic E-state index is 0.613. The Balaban J connectivity index is 2.17. The molecule has 2 aromatic rings. The molecule has 3 nitrogen and oxygen atoms in total. The van der Waals surface area contributed by atoms with E-state index in [4.69, 9.17) is 16.6 Å². The van der Waals surface area contributed by atoms with E-state index in [9.17, 15) is 0 Å². The number of aryl methyl sites for hydroxylation is 2. The minimum Gasteiger partial charge on any atom is -0.328 e.